The summed E-state index contributed by atoms with van der Waals surface area (Å²) in [6.45, 7) is 0.477. The Hall–Kier alpha value is -3.33. The molecule has 1 aliphatic rings. The van der Waals surface area contributed by atoms with Crippen LogP contribution in [0.15, 0.2) is 57.8 Å². The largest absolute Gasteiger partial charge is 0.330 e. The van der Waals surface area contributed by atoms with Gasteiger partial charge in [0.05, 0.1) is 24.3 Å². The first-order chi connectivity index (χ1) is 16.6. The van der Waals surface area contributed by atoms with Crippen LogP contribution in [0.25, 0.3) is 11.2 Å². The number of imidazole rings is 1. The number of hydrogen-bond acceptors (Lipinski definition) is 6. The Morgan fingerprint density at radius 2 is 1.91 bits per heavy atom. The van der Waals surface area contributed by atoms with Gasteiger partial charge in [0.15, 0.2) is 11.3 Å². The Morgan fingerprint density at radius 3 is 2.65 bits per heavy atom. The summed E-state index contributed by atoms with van der Waals surface area (Å²) in [6, 6.07) is 8.94. The zero-order chi connectivity index (χ0) is 23.5. The number of aromatic amines is 1. The number of benzene rings is 1. The van der Waals surface area contributed by atoms with Gasteiger partial charge in [-0.15, -0.1) is 11.3 Å². The Balaban J connectivity index is 1.53. The molecule has 176 valence electrons. The van der Waals surface area contributed by atoms with Crippen molar-refractivity contribution in [2.24, 2.45) is 5.92 Å². The highest BCUT2D eigenvalue weighted by molar-refractivity contribution is 7.09. The van der Waals surface area contributed by atoms with Gasteiger partial charge in [0, 0.05) is 11.6 Å². The summed E-state index contributed by atoms with van der Waals surface area (Å²) >= 11 is 1.40. The van der Waals surface area contributed by atoms with Gasteiger partial charge < -0.3 is 4.57 Å². The average molecular weight is 478 g/mol. The van der Waals surface area contributed by atoms with Crippen molar-refractivity contribution in [2.75, 3.05) is 0 Å². The van der Waals surface area contributed by atoms with Crippen molar-refractivity contribution in [3.05, 3.63) is 79.6 Å². The number of Topliss-reactive ketones (excluding diaryl/α,β-unsaturated/α-hetero) is 1. The van der Waals surface area contributed by atoms with E-state index in [9.17, 15) is 14.4 Å². The summed E-state index contributed by atoms with van der Waals surface area (Å²) in [5, 5.41) is 2.51. The van der Waals surface area contributed by atoms with Crippen LogP contribution in [0.4, 0.5) is 0 Å². The third-order valence-corrected chi connectivity index (χ3v) is 7.45. The highest BCUT2D eigenvalue weighted by atomic mass is 32.1. The highest BCUT2D eigenvalue weighted by Crippen LogP contribution is 2.31. The smallest absolute Gasteiger partial charge is 0.312 e. The highest BCUT2D eigenvalue weighted by Gasteiger charge is 2.30. The average Bonchev–Trinajstić information content (AvgIpc) is 3.50. The van der Waals surface area contributed by atoms with Crippen molar-refractivity contribution < 1.29 is 4.79 Å². The number of carbonyl (C=O) groups excluding carboxylic acids is 1. The minimum Gasteiger partial charge on any atom is -0.312 e. The van der Waals surface area contributed by atoms with Gasteiger partial charge in [-0.3, -0.25) is 14.6 Å². The Labute approximate surface area is 200 Å². The number of hydrogen-bond donors (Lipinski definition) is 1. The van der Waals surface area contributed by atoms with Gasteiger partial charge in [-0.05, 0) is 17.9 Å². The normalized spacial score (nSPS) is 15.5. The zero-order valence-electron chi connectivity index (χ0n) is 18.9. The standard InChI is InChI=1S/C25H27N5O3S/c31-20(14-21-26-11-12-34-21)19(13-17-7-3-1-4-8-17)30-24(32)22-23(28-25(30)33)29(16-27-22)15-18-9-5-2-6-10-18/h2,5-6,9-12,16-17,19H,1,3-4,7-8,13-15H2,(H,28,33). The number of aromatic nitrogens is 5. The van der Waals surface area contributed by atoms with Crippen LogP contribution >= 0.6 is 11.3 Å². The first-order valence-corrected chi connectivity index (χ1v) is 12.6. The number of carbonyl (C=O) groups is 1. The number of nitrogens with zero attached hydrogens (tertiary/aromatic N) is 4. The Bertz CT molecular complexity index is 1380. The van der Waals surface area contributed by atoms with E-state index >= 15 is 0 Å². The van der Waals surface area contributed by atoms with E-state index in [2.05, 4.69) is 15.0 Å². The minimum absolute atomic E-state index is 0.113. The van der Waals surface area contributed by atoms with Gasteiger partial charge in [-0.25, -0.2) is 19.3 Å². The first-order valence-electron chi connectivity index (χ1n) is 11.7. The van der Waals surface area contributed by atoms with E-state index in [1.807, 2.05) is 35.7 Å². The Morgan fingerprint density at radius 1 is 1.12 bits per heavy atom. The number of nitrogens with one attached hydrogen (secondary N) is 1. The number of H-pyrrole nitrogens is 1. The lowest BCUT2D eigenvalue weighted by Crippen LogP contribution is -2.42. The van der Waals surface area contributed by atoms with Gasteiger partial charge in [-0.2, -0.15) is 0 Å². The quantitative estimate of drug-likeness (QED) is 0.417. The van der Waals surface area contributed by atoms with Crippen LogP contribution in [0.3, 0.4) is 0 Å². The lowest BCUT2D eigenvalue weighted by Gasteiger charge is -2.26. The van der Waals surface area contributed by atoms with Crippen LogP contribution in [0.5, 0.6) is 0 Å². The fraction of sp³-hybridized carbons (Fsp3) is 0.400. The van der Waals surface area contributed by atoms with Gasteiger partial charge in [0.1, 0.15) is 11.7 Å². The molecule has 1 aromatic carbocycles. The molecule has 3 heterocycles. The molecule has 0 amide bonds. The van der Waals surface area contributed by atoms with Crippen molar-refractivity contribution in [2.45, 2.75) is 57.5 Å². The van der Waals surface area contributed by atoms with Crippen LogP contribution < -0.4 is 11.2 Å². The summed E-state index contributed by atoms with van der Waals surface area (Å²) in [6.07, 6.45) is 9.28. The van der Waals surface area contributed by atoms with Crippen molar-refractivity contribution >= 4 is 28.3 Å². The second kappa shape index (κ2) is 9.89. The molecule has 3 aromatic heterocycles. The molecule has 0 radical (unpaired) electrons. The maximum atomic E-state index is 13.5. The lowest BCUT2D eigenvalue weighted by molar-refractivity contribution is -0.122. The number of thiazole rings is 1. The molecule has 0 spiro atoms. The van der Waals surface area contributed by atoms with E-state index in [0.29, 0.717) is 29.5 Å². The summed E-state index contributed by atoms with van der Waals surface area (Å²) < 4.78 is 2.86. The molecule has 4 aromatic rings. The van der Waals surface area contributed by atoms with Crippen molar-refractivity contribution in [1.82, 2.24) is 24.1 Å². The molecular weight excluding hydrogens is 450 g/mol. The maximum absolute atomic E-state index is 13.5. The summed E-state index contributed by atoms with van der Waals surface area (Å²) in [7, 11) is 0. The van der Waals surface area contributed by atoms with Gasteiger partial charge in [0.2, 0.25) is 0 Å². The fourth-order valence-corrected chi connectivity index (χ4v) is 5.57. The van der Waals surface area contributed by atoms with E-state index in [-0.39, 0.29) is 17.7 Å². The van der Waals surface area contributed by atoms with Gasteiger partial charge in [0.25, 0.3) is 5.56 Å². The molecule has 0 bridgehead atoms. The molecule has 1 aliphatic carbocycles. The molecule has 1 N–H and O–H groups in total. The summed E-state index contributed by atoms with van der Waals surface area (Å²) in [5.74, 6) is 0.160. The molecule has 1 fully saturated rings. The molecule has 1 unspecified atom stereocenters. The topological polar surface area (TPSA) is 103 Å². The molecule has 1 atom stereocenters. The second-order valence-electron chi connectivity index (χ2n) is 8.99. The molecule has 1 saturated carbocycles. The SMILES string of the molecule is O=C(Cc1nccs1)C(CC1CCCCC1)n1c(=O)[nH]c2c(ncn2Cc2ccccc2)c1=O. The van der Waals surface area contributed by atoms with Crippen LogP contribution in [-0.2, 0) is 17.8 Å². The van der Waals surface area contributed by atoms with Crippen molar-refractivity contribution in [3.63, 3.8) is 0 Å². The zero-order valence-corrected chi connectivity index (χ0v) is 19.7. The third kappa shape index (κ3) is 4.65. The van der Waals surface area contributed by atoms with E-state index in [1.54, 1.807) is 17.1 Å². The molecule has 9 heteroatoms. The van der Waals surface area contributed by atoms with Crippen LogP contribution in [0, 0.1) is 5.92 Å². The molecule has 0 saturated heterocycles. The Kier molecular flexibility index (Phi) is 6.53. The van der Waals surface area contributed by atoms with E-state index in [1.165, 1.54) is 17.8 Å². The predicted octanol–water partition coefficient (Wildman–Crippen LogP) is 3.71. The van der Waals surface area contributed by atoms with Gasteiger partial charge in [-0.1, -0.05) is 62.4 Å². The second-order valence-corrected chi connectivity index (χ2v) is 9.96. The van der Waals surface area contributed by atoms with Crippen LogP contribution in [-0.4, -0.2) is 29.9 Å². The summed E-state index contributed by atoms with van der Waals surface area (Å²) in [5.41, 5.74) is 0.491. The molecule has 8 nitrogen and oxygen atoms in total. The van der Waals surface area contributed by atoms with E-state index in [4.69, 9.17) is 0 Å². The predicted molar refractivity (Wildman–Crippen MR) is 131 cm³/mol. The fourth-order valence-electron chi connectivity index (χ4n) is 4.95. The summed E-state index contributed by atoms with van der Waals surface area (Å²) in [4.78, 5) is 51.5. The molecule has 34 heavy (non-hydrogen) atoms. The lowest BCUT2D eigenvalue weighted by atomic mass is 9.83. The molecular formula is C25H27N5O3S. The van der Waals surface area contributed by atoms with Crippen LogP contribution in [0.1, 0.15) is 55.1 Å². The first kappa shape index (κ1) is 22.5. The monoisotopic (exact) mass is 477 g/mol. The number of fused-ring (bicyclic) bond motifs is 1. The van der Waals surface area contributed by atoms with Crippen molar-refractivity contribution in [1.29, 1.82) is 0 Å². The van der Waals surface area contributed by atoms with E-state index < -0.39 is 17.3 Å². The number of rotatable bonds is 8. The van der Waals surface area contributed by atoms with Crippen LogP contribution in [0.2, 0.25) is 0 Å². The minimum atomic E-state index is -0.827. The van der Waals surface area contributed by atoms with E-state index in [0.717, 1.165) is 35.8 Å². The molecule has 5 rings (SSSR count). The molecule has 0 aliphatic heterocycles. The maximum Gasteiger partial charge on any atom is 0.330 e. The van der Waals surface area contributed by atoms with Gasteiger partial charge >= 0.3 is 5.69 Å². The number of ketones is 1. The third-order valence-electron chi connectivity index (χ3n) is 6.67. The van der Waals surface area contributed by atoms with Crippen molar-refractivity contribution in [3.8, 4) is 0 Å².